The Morgan fingerprint density at radius 2 is 2.44 bits per heavy atom. The fraction of sp³-hybridized carbons (Fsp3) is 0.200. The Bertz CT molecular complexity index is 474. The molecule has 1 rings (SSSR count). The number of esters is 1. The lowest BCUT2D eigenvalue weighted by molar-refractivity contribution is -0.107. The van der Waals surface area contributed by atoms with E-state index in [0.29, 0.717) is 6.29 Å². The number of carbonyl (C=O) groups excluding carboxylic acids is 2. The Morgan fingerprint density at radius 1 is 1.69 bits per heavy atom. The maximum atomic E-state index is 11.2. The second-order valence-electron chi connectivity index (χ2n) is 2.65. The number of nitrogen functional groups attached to an aromatic ring is 1. The minimum Gasteiger partial charge on any atom is -0.464 e. The molecule has 1 heterocycles. The van der Waals surface area contributed by atoms with Crippen molar-refractivity contribution in [1.29, 1.82) is 0 Å². The molecule has 0 aromatic carbocycles. The lowest BCUT2D eigenvalue weighted by Gasteiger charge is -2.01. The Labute approximate surface area is 91.8 Å². The summed E-state index contributed by atoms with van der Waals surface area (Å²) in [5.41, 5.74) is 5.62. The molecule has 0 aliphatic carbocycles. The molecule has 0 unspecified atom stereocenters. The molecule has 1 aromatic heterocycles. The van der Waals surface area contributed by atoms with Gasteiger partial charge in [0.1, 0.15) is 12.0 Å². The van der Waals surface area contributed by atoms with E-state index in [2.05, 4.69) is 26.5 Å². The number of aldehydes is 1. The van der Waals surface area contributed by atoms with Crippen LogP contribution in [0.15, 0.2) is 6.20 Å². The summed E-state index contributed by atoms with van der Waals surface area (Å²) >= 11 is 0. The van der Waals surface area contributed by atoms with Crippen LogP contribution >= 0.6 is 0 Å². The second-order valence-corrected chi connectivity index (χ2v) is 2.65. The Balaban J connectivity index is 3.04. The number of hydrogen-bond donors (Lipinski definition) is 1. The quantitative estimate of drug-likeness (QED) is 0.420. The van der Waals surface area contributed by atoms with Crippen LogP contribution in [-0.4, -0.2) is 29.3 Å². The number of anilines is 1. The molecule has 0 bridgehead atoms. The topological polar surface area (TPSA) is 95.2 Å². The van der Waals surface area contributed by atoms with Crippen molar-refractivity contribution >= 4 is 18.1 Å². The van der Waals surface area contributed by atoms with Crippen LogP contribution in [-0.2, 0) is 9.53 Å². The van der Waals surface area contributed by atoms with Gasteiger partial charge < -0.3 is 15.3 Å². The maximum absolute atomic E-state index is 11.2. The third-order valence-electron chi connectivity index (χ3n) is 1.58. The van der Waals surface area contributed by atoms with E-state index in [1.807, 2.05) is 0 Å². The van der Waals surface area contributed by atoms with E-state index < -0.39 is 5.97 Å². The summed E-state index contributed by atoms with van der Waals surface area (Å²) in [6.07, 6.45) is 2.08. The van der Waals surface area contributed by atoms with Gasteiger partial charge in [0.25, 0.3) is 0 Å². The molecular formula is C10H9N3O3. The first-order chi connectivity index (χ1) is 7.69. The molecule has 2 N–H and O–H groups in total. The molecular weight excluding hydrogens is 210 g/mol. The van der Waals surface area contributed by atoms with Crippen molar-refractivity contribution in [3.05, 3.63) is 17.6 Å². The second kappa shape index (κ2) is 5.46. The Kier molecular flexibility index (Phi) is 3.98. The standard InChI is InChI=1S/C10H9N3O3/c1-16-10(15)8-9(11)12-6-7(13-8)4-2-3-5-14/h5-6H,3H2,1H3,(H2,11,12). The molecule has 0 spiro atoms. The van der Waals surface area contributed by atoms with Gasteiger partial charge in [-0.1, -0.05) is 5.92 Å². The average Bonchev–Trinajstić information content (AvgIpc) is 2.30. The largest absolute Gasteiger partial charge is 0.464 e. The predicted octanol–water partition coefficient (Wildman–Crippen LogP) is -0.214. The van der Waals surface area contributed by atoms with Crippen LogP contribution < -0.4 is 5.73 Å². The summed E-state index contributed by atoms with van der Waals surface area (Å²) in [6, 6.07) is 0. The van der Waals surface area contributed by atoms with Crippen molar-refractivity contribution in [2.75, 3.05) is 12.8 Å². The lowest BCUT2D eigenvalue weighted by Crippen LogP contribution is -2.10. The van der Waals surface area contributed by atoms with Crippen LogP contribution in [0.25, 0.3) is 0 Å². The Hall–Kier alpha value is -2.42. The minimum absolute atomic E-state index is 0.0206. The van der Waals surface area contributed by atoms with E-state index in [4.69, 9.17) is 5.73 Å². The number of rotatable bonds is 2. The van der Waals surface area contributed by atoms with Gasteiger partial charge in [-0.15, -0.1) is 0 Å². The van der Waals surface area contributed by atoms with Crippen LogP contribution in [0.4, 0.5) is 5.82 Å². The van der Waals surface area contributed by atoms with Gasteiger partial charge in [0.15, 0.2) is 11.5 Å². The zero-order chi connectivity index (χ0) is 12.0. The van der Waals surface area contributed by atoms with Gasteiger partial charge in [0, 0.05) is 0 Å². The van der Waals surface area contributed by atoms with Gasteiger partial charge >= 0.3 is 5.97 Å². The van der Waals surface area contributed by atoms with E-state index >= 15 is 0 Å². The van der Waals surface area contributed by atoms with Crippen molar-refractivity contribution in [1.82, 2.24) is 9.97 Å². The SMILES string of the molecule is COC(=O)c1nc(C#CCC=O)cnc1N. The van der Waals surface area contributed by atoms with Crippen LogP contribution in [0.5, 0.6) is 0 Å². The summed E-state index contributed by atoms with van der Waals surface area (Å²) in [7, 11) is 1.22. The predicted molar refractivity (Wildman–Crippen MR) is 55.3 cm³/mol. The van der Waals surface area contributed by atoms with Crippen molar-refractivity contribution in [3.63, 3.8) is 0 Å². The van der Waals surface area contributed by atoms with Gasteiger partial charge in [-0.3, -0.25) is 0 Å². The zero-order valence-electron chi connectivity index (χ0n) is 8.56. The van der Waals surface area contributed by atoms with Crippen molar-refractivity contribution in [2.45, 2.75) is 6.42 Å². The number of ether oxygens (including phenoxy) is 1. The normalized spacial score (nSPS) is 8.81. The first-order valence-electron chi connectivity index (χ1n) is 4.32. The van der Waals surface area contributed by atoms with Gasteiger partial charge in [-0.05, 0) is 5.92 Å². The maximum Gasteiger partial charge on any atom is 0.360 e. The molecule has 0 saturated heterocycles. The summed E-state index contributed by atoms with van der Waals surface area (Å²) in [4.78, 5) is 28.9. The van der Waals surface area contributed by atoms with Crippen LogP contribution in [0.2, 0.25) is 0 Å². The summed E-state index contributed by atoms with van der Waals surface area (Å²) in [5, 5.41) is 0. The molecule has 1 aromatic rings. The highest BCUT2D eigenvalue weighted by Gasteiger charge is 2.13. The van der Waals surface area contributed by atoms with E-state index in [9.17, 15) is 9.59 Å². The number of methoxy groups -OCH3 is 1. The molecule has 0 amide bonds. The van der Waals surface area contributed by atoms with Crippen molar-refractivity contribution < 1.29 is 14.3 Å². The summed E-state index contributed by atoms with van der Waals surface area (Å²) in [6.45, 7) is 0. The highest BCUT2D eigenvalue weighted by Crippen LogP contribution is 2.06. The fourth-order valence-electron chi connectivity index (χ4n) is 0.889. The average molecular weight is 219 g/mol. The lowest BCUT2D eigenvalue weighted by atomic mass is 10.3. The molecule has 0 saturated carbocycles. The Morgan fingerprint density at radius 3 is 3.06 bits per heavy atom. The summed E-state index contributed by atoms with van der Waals surface area (Å²) in [5.74, 6) is 4.42. The number of aromatic nitrogens is 2. The van der Waals surface area contributed by atoms with E-state index in [-0.39, 0.29) is 23.6 Å². The molecule has 0 atom stereocenters. The third-order valence-corrected chi connectivity index (χ3v) is 1.58. The van der Waals surface area contributed by atoms with Crippen LogP contribution in [0.3, 0.4) is 0 Å². The number of hydrogen-bond acceptors (Lipinski definition) is 6. The van der Waals surface area contributed by atoms with Crippen LogP contribution in [0.1, 0.15) is 22.6 Å². The molecule has 16 heavy (non-hydrogen) atoms. The minimum atomic E-state index is -0.677. The van der Waals surface area contributed by atoms with Crippen molar-refractivity contribution in [3.8, 4) is 11.8 Å². The molecule has 0 aliphatic heterocycles. The highest BCUT2D eigenvalue weighted by molar-refractivity contribution is 5.91. The van der Waals surface area contributed by atoms with Crippen LogP contribution in [0, 0.1) is 11.8 Å². The van der Waals surface area contributed by atoms with Crippen molar-refractivity contribution in [2.24, 2.45) is 0 Å². The molecule has 0 radical (unpaired) electrons. The smallest absolute Gasteiger partial charge is 0.360 e. The molecule has 6 nitrogen and oxygen atoms in total. The van der Waals surface area contributed by atoms with E-state index in [1.54, 1.807) is 0 Å². The van der Waals surface area contributed by atoms with Gasteiger partial charge in [-0.2, -0.15) is 0 Å². The first-order valence-corrected chi connectivity index (χ1v) is 4.32. The third kappa shape index (κ3) is 2.78. The molecule has 82 valence electrons. The number of carbonyl (C=O) groups is 2. The zero-order valence-corrected chi connectivity index (χ0v) is 8.56. The van der Waals surface area contributed by atoms with E-state index in [1.165, 1.54) is 13.3 Å². The van der Waals surface area contributed by atoms with Gasteiger partial charge in [0.05, 0.1) is 19.7 Å². The van der Waals surface area contributed by atoms with E-state index in [0.717, 1.165) is 0 Å². The fourth-order valence-corrected chi connectivity index (χ4v) is 0.889. The monoisotopic (exact) mass is 219 g/mol. The highest BCUT2D eigenvalue weighted by atomic mass is 16.5. The number of nitrogens with two attached hydrogens (primary N) is 1. The van der Waals surface area contributed by atoms with Gasteiger partial charge in [-0.25, -0.2) is 14.8 Å². The van der Waals surface area contributed by atoms with Gasteiger partial charge in [0.2, 0.25) is 0 Å². The number of nitrogens with zero attached hydrogens (tertiary/aromatic N) is 2. The first kappa shape index (κ1) is 11.7. The molecule has 6 heteroatoms. The summed E-state index contributed by atoms with van der Waals surface area (Å²) < 4.78 is 4.47. The molecule has 0 aliphatic rings. The molecule has 0 fully saturated rings.